The predicted molar refractivity (Wildman–Crippen MR) is 68.9 cm³/mol. The number of benzene rings is 1. The van der Waals surface area contributed by atoms with E-state index in [9.17, 15) is 0 Å². The fourth-order valence-electron chi connectivity index (χ4n) is 3.25. The van der Waals surface area contributed by atoms with Crippen LogP contribution in [0.3, 0.4) is 0 Å². The normalized spacial score (nSPS) is 26.8. The molecule has 1 aromatic heterocycles. The van der Waals surface area contributed by atoms with Crippen LogP contribution in [0, 0.1) is 23.2 Å². The molecule has 2 aliphatic carbocycles. The molecule has 1 aromatic carbocycles. The average Bonchev–Trinajstić information content (AvgIpc) is 2.97. The molecule has 0 spiro atoms. The number of hydrogen-bond acceptors (Lipinski definition) is 2. The second-order valence-corrected chi connectivity index (χ2v) is 5.63. The van der Waals surface area contributed by atoms with Gasteiger partial charge in [-0.15, -0.1) is 0 Å². The molecule has 0 amide bonds. The second kappa shape index (κ2) is 3.58. The van der Waals surface area contributed by atoms with Gasteiger partial charge in [-0.05, 0) is 36.5 Å². The third-order valence-corrected chi connectivity index (χ3v) is 4.62. The van der Waals surface area contributed by atoms with Crippen LogP contribution in [0.1, 0.15) is 37.3 Å². The number of imidazole rings is 1. The quantitative estimate of drug-likeness (QED) is 0.804. The lowest BCUT2D eigenvalue weighted by atomic mass is 9.81. The number of aromatic nitrogens is 2. The molecule has 2 aliphatic rings. The minimum absolute atomic E-state index is 0.634. The first-order chi connectivity index (χ1) is 8.86. The van der Waals surface area contributed by atoms with E-state index in [1.807, 2.05) is 24.5 Å². The molecule has 18 heavy (non-hydrogen) atoms. The monoisotopic (exact) mass is 237 g/mol. The van der Waals surface area contributed by atoms with Gasteiger partial charge in [-0.2, -0.15) is 5.26 Å². The molecule has 0 aliphatic heterocycles. The number of fused-ring (bicyclic) bond motifs is 1. The van der Waals surface area contributed by atoms with Crippen LogP contribution >= 0.6 is 0 Å². The van der Waals surface area contributed by atoms with Gasteiger partial charge in [0, 0.05) is 6.04 Å². The maximum absolute atomic E-state index is 8.99. The summed E-state index contributed by atoms with van der Waals surface area (Å²) >= 11 is 0. The van der Waals surface area contributed by atoms with Gasteiger partial charge in [0.15, 0.2) is 0 Å². The third-order valence-electron chi connectivity index (χ3n) is 4.62. The lowest BCUT2D eigenvalue weighted by Gasteiger charge is -2.25. The Labute approximate surface area is 106 Å². The van der Waals surface area contributed by atoms with Crippen molar-refractivity contribution >= 4 is 11.0 Å². The molecule has 2 atom stereocenters. The van der Waals surface area contributed by atoms with Crippen molar-refractivity contribution in [1.29, 1.82) is 5.26 Å². The molecule has 0 saturated heterocycles. The predicted octanol–water partition coefficient (Wildman–Crippen LogP) is 3.27. The van der Waals surface area contributed by atoms with Crippen LogP contribution in [0.5, 0.6) is 0 Å². The summed E-state index contributed by atoms with van der Waals surface area (Å²) in [6.45, 7) is 0. The van der Waals surface area contributed by atoms with Crippen molar-refractivity contribution in [3.63, 3.8) is 0 Å². The minimum atomic E-state index is 0.634. The Morgan fingerprint density at radius 2 is 2.22 bits per heavy atom. The van der Waals surface area contributed by atoms with E-state index >= 15 is 0 Å². The average molecular weight is 237 g/mol. The van der Waals surface area contributed by atoms with E-state index in [-0.39, 0.29) is 0 Å². The van der Waals surface area contributed by atoms with Gasteiger partial charge < -0.3 is 4.57 Å². The molecular formula is C15H15N3. The van der Waals surface area contributed by atoms with Crippen molar-refractivity contribution in [2.45, 2.75) is 31.7 Å². The Bertz CT molecular complexity index is 645. The van der Waals surface area contributed by atoms with Crippen molar-refractivity contribution in [3.05, 3.63) is 30.1 Å². The van der Waals surface area contributed by atoms with E-state index in [2.05, 4.69) is 15.6 Å². The van der Waals surface area contributed by atoms with Gasteiger partial charge in [0.25, 0.3) is 0 Å². The van der Waals surface area contributed by atoms with E-state index < -0.39 is 0 Å². The summed E-state index contributed by atoms with van der Waals surface area (Å²) in [5.74, 6) is 1.81. The van der Waals surface area contributed by atoms with Gasteiger partial charge in [-0.1, -0.05) is 19.3 Å². The molecule has 2 aromatic rings. The molecule has 0 radical (unpaired) electrons. The number of rotatable bonds is 2. The zero-order chi connectivity index (χ0) is 12.1. The van der Waals surface area contributed by atoms with Crippen LogP contribution in [0.2, 0.25) is 0 Å². The fourth-order valence-corrected chi connectivity index (χ4v) is 3.25. The first-order valence-electron chi connectivity index (χ1n) is 6.73. The molecule has 0 bridgehead atoms. The van der Waals surface area contributed by atoms with Crippen molar-refractivity contribution in [3.8, 4) is 6.07 Å². The molecule has 2 fully saturated rings. The highest BCUT2D eigenvalue weighted by atomic mass is 15.1. The zero-order valence-corrected chi connectivity index (χ0v) is 10.2. The Balaban J connectivity index is 1.70. The Morgan fingerprint density at radius 3 is 2.94 bits per heavy atom. The van der Waals surface area contributed by atoms with Crippen LogP contribution < -0.4 is 0 Å². The van der Waals surface area contributed by atoms with E-state index in [0.29, 0.717) is 6.04 Å². The summed E-state index contributed by atoms with van der Waals surface area (Å²) in [5.41, 5.74) is 2.86. The lowest BCUT2D eigenvalue weighted by Crippen LogP contribution is -2.14. The summed E-state index contributed by atoms with van der Waals surface area (Å²) < 4.78 is 2.29. The van der Waals surface area contributed by atoms with Gasteiger partial charge >= 0.3 is 0 Å². The van der Waals surface area contributed by atoms with Crippen molar-refractivity contribution in [2.24, 2.45) is 11.8 Å². The summed E-state index contributed by atoms with van der Waals surface area (Å²) in [6.07, 6.45) is 7.49. The number of nitriles is 1. The van der Waals surface area contributed by atoms with Gasteiger partial charge in [-0.3, -0.25) is 0 Å². The number of hydrogen-bond donors (Lipinski definition) is 0. The first kappa shape index (κ1) is 10.1. The highest BCUT2D eigenvalue weighted by molar-refractivity contribution is 5.77. The SMILES string of the molecule is N#Cc1ccc2ncn(C3CC3C3CCC3)c2c1. The van der Waals surface area contributed by atoms with Gasteiger partial charge in [0.05, 0.1) is 29.0 Å². The second-order valence-electron chi connectivity index (χ2n) is 5.63. The van der Waals surface area contributed by atoms with Crippen LogP contribution in [0.25, 0.3) is 11.0 Å². The van der Waals surface area contributed by atoms with E-state index in [1.165, 1.54) is 25.7 Å². The summed E-state index contributed by atoms with van der Waals surface area (Å²) in [7, 11) is 0. The molecule has 3 nitrogen and oxygen atoms in total. The fraction of sp³-hybridized carbons (Fsp3) is 0.467. The molecule has 2 unspecified atom stereocenters. The smallest absolute Gasteiger partial charge is 0.0992 e. The Kier molecular flexibility index (Phi) is 2.02. The minimum Gasteiger partial charge on any atom is -0.327 e. The van der Waals surface area contributed by atoms with Crippen molar-refractivity contribution < 1.29 is 0 Å². The van der Waals surface area contributed by atoms with Gasteiger partial charge in [0.1, 0.15) is 0 Å². The maximum atomic E-state index is 8.99. The topological polar surface area (TPSA) is 41.6 Å². The molecule has 90 valence electrons. The third kappa shape index (κ3) is 1.38. The van der Waals surface area contributed by atoms with E-state index in [1.54, 1.807) is 0 Å². The number of nitrogens with zero attached hydrogens (tertiary/aromatic N) is 3. The molecule has 3 heteroatoms. The van der Waals surface area contributed by atoms with Crippen molar-refractivity contribution in [1.82, 2.24) is 9.55 Å². The van der Waals surface area contributed by atoms with Gasteiger partial charge in [0.2, 0.25) is 0 Å². The highest BCUT2D eigenvalue weighted by Gasteiger charge is 2.46. The standard InChI is InChI=1S/C15H15N3/c16-8-10-4-5-13-15(6-10)18(9-17-13)14-7-12(14)11-2-1-3-11/h4-6,9,11-12,14H,1-3,7H2. The molecule has 2 saturated carbocycles. The van der Waals surface area contributed by atoms with E-state index in [0.717, 1.165) is 28.4 Å². The highest BCUT2D eigenvalue weighted by Crippen LogP contribution is 2.55. The maximum Gasteiger partial charge on any atom is 0.0992 e. The summed E-state index contributed by atoms with van der Waals surface area (Å²) in [5, 5.41) is 8.99. The summed E-state index contributed by atoms with van der Waals surface area (Å²) in [6, 6.07) is 8.61. The zero-order valence-electron chi connectivity index (χ0n) is 10.2. The molecule has 0 N–H and O–H groups in total. The van der Waals surface area contributed by atoms with Crippen LogP contribution in [-0.2, 0) is 0 Å². The first-order valence-corrected chi connectivity index (χ1v) is 6.73. The molecule has 4 rings (SSSR count). The van der Waals surface area contributed by atoms with Crippen LogP contribution in [0.4, 0.5) is 0 Å². The van der Waals surface area contributed by atoms with Crippen LogP contribution in [0.15, 0.2) is 24.5 Å². The summed E-state index contributed by atoms with van der Waals surface area (Å²) in [4.78, 5) is 4.45. The Morgan fingerprint density at radius 1 is 1.33 bits per heavy atom. The van der Waals surface area contributed by atoms with Gasteiger partial charge in [-0.25, -0.2) is 4.98 Å². The van der Waals surface area contributed by atoms with Crippen LogP contribution in [-0.4, -0.2) is 9.55 Å². The molecular weight excluding hydrogens is 222 g/mol. The Hall–Kier alpha value is -1.82. The van der Waals surface area contributed by atoms with E-state index in [4.69, 9.17) is 5.26 Å². The largest absolute Gasteiger partial charge is 0.327 e. The lowest BCUT2D eigenvalue weighted by molar-refractivity contribution is 0.266. The molecule has 1 heterocycles. The van der Waals surface area contributed by atoms with Crippen molar-refractivity contribution in [2.75, 3.05) is 0 Å².